The Balaban J connectivity index is 1.75. The predicted molar refractivity (Wildman–Crippen MR) is 94.2 cm³/mol. The van der Waals surface area contributed by atoms with Gasteiger partial charge in [0.15, 0.2) is 0 Å². The molecule has 0 fully saturated rings. The fourth-order valence-electron chi connectivity index (χ4n) is 2.80. The number of fused-ring (bicyclic) bond motifs is 1. The first-order valence-corrected chi connectivity index (χ1v) is 8.09. The van der Waals surface area contributed by atoms with Gasteiger partial charge in [-0.1, -0.05) is 30.3 Å². The van der Waals surface area contributed by atoms with Gasteiger partial charge in [0.2, 0.25) is 0 Å². The largest absolute Gasteiger partial charge is 0.431 e. The van der Waals surface area contributed by atoms with Crippen molar-refractivity contribution in [2.75, 3.05) is 0 Å². The van der Waals surface area contributed by atoms with E-state index in [-0.39, 0.29) is 12.3 Å². The number of oxazole rings is 1. The number of rotatable bonds is 4. The Kier molecular flexibility index (Phi) is 4.20. The molecule has 0 saturated heterocycles. The minimum Gasteiger partial charge on any atom is -0.431 e. The Morgan fingerprint density at radius 3 is 2.88 bits per heavy atom. The number of aliphatic hydroxyl groups is 1. The summed E-state index contributed by atoms with van der Waals surface area (Å²) in [5.41, 5.74) is 2.73. The Hall–Kier alpha value is -3.45. The summed E-state index contributed by atoms with van der Waals surface area (Å²) in [6.07, 6.45) is 4.64. The van der Waals surface area contributed by atoms with E-state index in [9.17, 15) is 9.90 Å². The molecule has 7 nitrogen and oxygen atoms in total. The lowest BCUT2D eigenvalue weighted by atomic mass is 10.2. The molecule has 1 aromatic carbocycles. The quantitative estimate of drug-likeness (QED) is 0.591. The molecule has 3 heterocycles. The van der Waals surface area contributed by atoms with Gasteiger partial charge in [-0.15, -0.1) is 0 Å². The maximum Gasteiger partial charge on any atom is 0.305 e. The third-order valence-corrected chi connectivity index (χ3v) is 4.10. The molecule has 0 radical (unpaired) electrons. The van der Waals surface area contributed by atoms with Crippen molar-refractivity contribution >= 4 is 16.9 Å². The lowest BCUT2D eigenvalue weighted by Crippen LogP contribution is -2.21. The smallest absolute Gasteiger partial charge is 0.305 e. The minimum absolute atomic E-state index is 0.140. The molecule has 0 aliphatic carbocycles. The maximum atomic E-state index is 12.6. The highest BCUT2D eigenvalue weighted by atomic mass is 16.3. The highest BCUT2D eigenvalue weighted by Crippen LogP contribution is 2.16. The summed E-state index contributed by atoms with van der Waals surface area (Å²) in [4.78, 5) is 23.9. The van der Waals surface area contributed by atoms with Crippen LogP contribution in [0.4, 0.5) is 0 Å². The second kappa shape index (κ2) is 6.81. The van der Waals surface area contributed by atoms with Crippen molar-refractivity contribution in [3.63, 3.8) is 0 Å². The highest BCUT2D eigenvalue weighted by molar-refractivity contribution is 6.06. The topological polar surface area (TPSA) is 96.4 Å². The molecule has 2 N–H and O–H groups in total. The summed E-state index contributed by atoms with van der Waals surface area (Å²) in [7, 11) is 0. The van der Waals surface area contributed by atoms with Gasteiger partial charge in [0, 0.05) is 17.8 Å². The van der Waals surface area contributed by atoms with Crippen LogP contribution in [-0.2, 0) is 13.2 Å². The summed E-state index contributed by atoms with van der Waals surface area (Å²) in [6.45, 7) is 0.228. The zero-order valence-corrected chi connectivity index (χ0v) is 13.8. The first-order chi connectivity index (χ1) is 12.8. The third kappa shape index (κ3) is 2.96. The van der Waals surface area contributed by atoms with Crippen molar-refractivity contribution in [2.24, 2.45) is 4.99 Å². The molecule has 0 bridgehead atoms. The number of aromatic nitrogens is 3. The van der Waals surface area contributed by atoms with Gasteiger partial charge in [-0.3, -0.25) is 9.36 Å². The molecule has 3 aromatic heterocycles. The standard InChI is InChI=1S/C19H16N4O3/c24-11-14-12-26-19(23(14)10-13-5-2-1-3-6-13)22-18(25)16-9-21-17-15(16)7-4-8-20-17/h1-9,12,24H,10-11H2,(H,20,21)/b22-19-. The molecule has 0 aliphatic rings. The molecule has 4 aromatic rings. The van der Waals surface area contributed by atoms with E-state index in [4.69, 9.17) is 4.42 Å². The van der Waals surface area contributed by atoms with Crippen molar-refractivity contribution in [1.82, 2.24) is 14.5 Å². The fraction of sp³-hybridized carbons (Fsp3) is 0.105. The molecule has 0 atom stereocenters. The maximum absolute atomic E-state index is 12.6. The number of carbonyl (C=O) groups is 1. The molecule has 0 aliphatic heterocycles. The molecule has 0 unspecified atom stereocenters. The Bertz CT molecular complexity index is 1120. The van der Waals surface area contributed by atoms with Crippen molar-refractivity contribution in [3.8, 4) is 0 Å². The van der Waals surface area contributed by atoms with Gasteiger partial charge in [0.1, 0.15) is 11.9 Å². The molecule has 7 heteroatoms. The van der Waals surface area contributed by atoms with Gasteiger partial charge < -0.3 is 14.5 Å². The summed E-state index contributed by atoms with van der Waals surface area (Å²) in [5.74, 6) is -0.440. The SMILES string of the molecule is O=C(/N=c1\occ(CO)n1Cc1ccccc1)c1c[nH]c2ncccc12. The van der Waals surface area contributed by atoms with Crippen LogP contribution in [0, 0.1) is 0 Å². The average molecular weight is 348 g/mol. The number of nitrogens with one attached hydrogen (secondary N) is 1. The van der Waals surface area contributed by atoms with E-state index < -0.39 is 5.91 Å². The van der Waals surface area contributed by atoms with E-state index in [1.54, 1.807) is 29.1 Å². The summed E-state index contributed by atoms with van der Waals surface area (Å²) >= 11 is 0. The molecular weight excluding hydrogens is 332 g/mol. The number of pyridine rings is 1. The van der Waals surface area contributed by atoms with Gasteiger partial charge in [0.25, 0.3) is 5.91 Å². The molecule has 0 spiro atoms. The van der Waals surface area contributed by atoms with Crippen LogP contribution in [0.3, 0.4) is 0 Å². The Labute approximate surface area is 148 Å². The van der Waals surface area contributed by atoms with Gasteiger partial charge >= 0.3 is 5.68 Å². The molecule has 4 rings (SSSR count). The normalized spacial score (nSPS) is 12.0. The second-order valence-electron chi connectivity index (χ2n) is 5.76. The number of H-pyrrole nitrogens is 1. The predicted octanol–water partition coefficient (Wildman–Crippen LogP) is 2.24. The van der Waals surface area contributed by atoms with Gasteiger partial charge in [-0.05, 0) is 17.7 Å². The molecule has 0 saturated carbocycles. The number of benzene rings is 1. The number of aliphatic hydroxyl groups excluding tert-OH is 1. The lowest BCUT2D eigenvalue weighted by Gasteiger charge is -2.05. The van der Waals surface area contributed by atoms with E-state index in [2.05, 4.69) is 15.0 Å². The van der Waals surface area contributed by atoms with Crippen molar-refractivity contribution in [2.45, 2.75) is 13.2 Å². The van der Waals surface area contributed by atoms with E-state index in [0.29, 0.717) is 28.8 Å². The van der Waals surface area contributed by atoms with Crippen LogP contribution in [0.2, 0.25) is 0 Å². The van der Waals surface area contributed by atoms with Crippen LogP contribution in [0.15, 0.2) is 70.5 Å². The van der Waals surface area contributed by atoms with E-state index in [1.165, 1.54) is 6.26 Å². The molecule has 1 amide bonds. The molecule has 26 heavy (non-hydrogen) atoms. The second-order valence-corrected chi connectivity index (χ2v) is 5.76. The van der Waals surface area contributed by atoms with E-state index in [1.807, 2.05) is 30.3 Å². The first kappa shape index (κ1) is 16.0. The van der Waals surface area contributed by atoms with Gasteiger partial charge in [-0.25, -0.2) is 4.98 Å². The summed E-state index contributed by atoms with van der Waals surface area (Å²) in [6, 6.07) is 13.3. The highest BCUT2D eigenvalue weighted by Gasteiger charge is 2.14. The molecular formula is C19H16N4O3. The number of aromatic amines is 1. The van der Waals surface area contributed by atoms with Crippen LogP contribution < -0.4 is 5.68 Å². The summed E-state index contributed by atoms with van der Waals surface area (Å²) in [5, 5.41) is 10.2. The van der Waals surface area contributed by atoms with Crippen LogP contribution in [0.25, 0.3) is 11.0 Å². The third-order valence-electron chi connectivity index (χ3n) is 4.10. The molecule has 130 valence electrons. The number of amides is 1. The number of nitrogens with zero attached hydrogens (tertiary/aromatic N) is 3. The van der Waals surface area contributed by atoms with Crippen LogP contribution in [-0.4, -0.2) is 25.5 Å². The zero-order valence-electron chi connectivity index (χ0n) is 13.8. The van der Waals surface area contributed by atoms with Gasteiger partial charge in [0.05, 0.1) is 24.4 Å². The van der Waals surface area contributed by atoms with Crippen LogP contribution >= 0.6 is 0 Å². The van der Waals surface area contributed by atoms with Crippen molar-refractivity contribution < 1.29 is 14.3 Å². The van der Waals surface area contributed by atoms with E-state index >= 15 is 0 Å². The number of carbonyl (C=O) groups excluding carboxylic acids is 1. The number of hydrogen-bond acceptors (Lipinski definition) is 4. The monoisotopic (exact) mass is 348 g/mol. The fourth-order valence-corrected chi connectivity index (χ4v) is 2.80. The number of hydrogen-bond donors (Lipinski definition) is 2. The Morgan fingerprint density at radius 1 is 1.23 bits per heavy atom. The van der Waals surface area contributed by atoms with Crippen LogP contribution in [0.5, 0.6) is 0 Å². The lowest BCUT2D eigenvalue weighted by molar-refractivity contribution is 0.0994. The van der Waals surface area contributed by atoms with Crippen molar-refractivity contribution in [3.05, 3.63) is 83.6 Å². The first-order valence-electron chi connectivity index (χ1n) is 8.09. The van der Waals surface area contributed by atoms with Gasteiger partial charge in [-0.2, -0.15) is 4.99 Å². The Morgan fingerprint density at radius 2 is 2.08 bits per heavy atom. The minimum atomic E-state index is -0.440. The van der Waals surface area contributed by atoms with Crippen molar-refractivity contribution in [1.29, 1.82) is 0 Å². The average Bonchev–Trinajstić information content (AvgIpc) is 3.27. The van der Waals surface area contributed by atoms with Crippen LogP contribution in [0.1, 0.15) is 21.6 Å². The zero-order chi connectivity index (χ0) is 17.9. The van der Waals surface area contributed by atoms with E-state index in [0.717, 1.165) is 5.56 Å². The summed E-state index contributed by atoms with van der Waals surface area (Å²) < 4.78 is 7.11.